The SMILES string of the molecule is CN1CC(C(C)(C)C)C1=O.CN1CC(C(C)(C)C)C1=O. The van der Waals surface area contributed by atoms with Crippen LogP contribution in [0.5, 0.6) is 0 Å². The standard InChI is InChI=1S/2C8H15NO/c2*1-8(2,3)6-5-9(4)7(6)10/h2*6H,5H2,1-4H3. The number of hydrogen-bond acceptors (Lipinski definition) is 2. The van der Waals surface area contributed by atoms with Crippen molar-refractivity contribution >= 4 is 11.8 Å². The minimum Gasteiger partial charge on any atom is -0.345 e. The summed E-state index contributed by atoms with van der Waals surface area (Å²) in [5.74, 6) is 1.12. The van der Waals surface area contributed by atoms with Gasteiger partial charge in [0.05, 0.1) is 11.8 Å². The first-order valence-electron chi connectivity index (χ1n) is 7.35. The number of rotatable bonds is 0. The summed E-state index contributed by atoms with van der Waals surface area (Å²) in [4.78, 5) is 25.8. The fourth-order valence-electron chi connectivity index (χ4n) is 2.48. The summed E-state index contributed by atoms with van der Waals surface area (Å²) >= 11 is 0. The molecule has 0 aromatic rings. The van der Waals surface area contributed by atoms with Gasteiger partial charge in [0.2, 0.25) is 11.8 Å². The van der Waals surface area contributed by atoms with Gasteiger partial charge < -0.3 is 9.80 Å². The van der Waals surface area contributed by atoms with Crippen molar-refractivity contribution in [2.45, 2.75) is 41.5 Å². The molecule has 2 amide bonds. The highest BCUT2D eigenvalue weighted by atomic mass is 16.2. The molecule has 0 N–H and O–H groups in total. The van der Waals surface area contributed by atoms with E-state index in [1.807, 2.05) is 14.1 Å². The molecule has 4 heteroatoms. The highest BCUT2D eigenvalue weighted by molar-refractivity contribution is 5.85. The second-order valence-corrected chi connectivity index (χ2v) is 8.27. The summed E-state index contributed by atoms with van der Waals surface area (Å²) in [7, 11) is 3.70. The van der Waals surface area contributed by atoms with E-state index in [-0.39, 0.29) is 22.7 Å². The van der Waals surface area contributed by atoms with E-state index in [1.165, 1.54) is 0 Å². The van der Waals surface area contributed by atoms with Crippen LogP contribution in [0.25, 0.3) is 0 Å². The van der Waals surface area contributed by atoms with Gasteiger partial charge in [-0.15, -0.1) is 0 Å². The Bertz CT molecular complexity index is 352. The second kappa shape index (κ2) is 5.38. The van der Waals surface area contributed by atoms with Crippen LogP contribution in [0.15, 0.2) is 0 Å². The molecule has 2 atom stereocenters. The number of hydrogen-bond donors (Lipinski definition) is 0. The van der Waals surface area contributed by atoms with Crippen molar-refractivity contribution in [1.82, 2.24) is 9.80 Å². The molecule has 0 spiro atoms. The van der Waals surface area contributed by atoms with E-state index in [4.69, 9.17) is 0 Å². The average molecular weight is 282 g/mol. The second-order valence-electron chi connectivity index (χ2n) is 8.27. The molecule has 0 saturated carbocycles. The van der Waals surface area contributed by atoms with E-state index < -0.39 is 0 Å². The Hall–Kier alpha value is -1.06. The lowest BCUT2D eigenvalue weighted by Gasteiger charge is -2.43. The normalized spacial score (nSPS) is 26.6. The van der Waals surface area contributed by atoms with Gasteiger partial charge in [0, 0.05) is 27.2 Å². The third-order valence-corrected chi connectivity index (χ3v) is 4.35. The summed E-state index contributed by atoms with van der Waals surface area (Å²) in [6.07, 6.45) is 0. The number of likely N-dealkylation sites (tertiary alicyclic amines) is 2. The van der Waals surface area contributed by atoms with Crippen LogP contribution in [0.4, 0.5) is 0 Å². The lowest BCUT2D eigenvalue weighted by atomic mass is 9.75. The van der Waals surface area contributed by atoms with E-state index in [0.29, 0.717) is 11.8 Å². The molecule has 2 unspecified atom stereocenters. The molecule has 116 valence electrons. The fourth-order valence-corrected chi connectivity index (χ4v) is 2.48. The van der Waals surface area contributed by atoms with Crippen LogP contribution in [0, 0.1) is 22.7 Å². The quantitative estimate of drug-likeness (QED) is 0.639. The predicted molar refractivity (Wildman–Crippen MR) is 81.2 cm³/mol. The number of carbonyl (C=O) groups is 2. The summed E-state index contributed by atoms with van der Waals surface area (Å²) in [6.45, 7) is 14.5. The third kappa shape index (κ3) is 3.53. The van der Waals surface area contributed by atoms with E-state index in [1.54, 1.807) is 9.80 Å². The lowest BCUT2D eigenvalue weighted by molar-refractivity contribution is -0.152. The molecule has 0 bridgehead atoms. The van der Waals surface area contributed by atoms with Crippen molar-refractivity contribution < 1.29 is 9.59 Å². The van der Waals surface area contributed by atoms with Crippen molar-refractivity contribution in [3.8, 4) is 0 Å². The molecular weight excluding hydrogens is 252 g/mol. The first kappa shape index (κ1) is 17.0. The average Bonchev–Trinajstić information content (AvgIpc) is 2.29. The zero-order chi connectivity index (χ0) is 15.9. The maximum Gasteiger partial charge on any atom is 0.227 e. The van der Waals surface area contributed by atoms with Crippen LogP contribution in [0.1, 0.15) is 41.5 Å². The van der Waals surface area contributed by atoms with Crippen molar-refractivity contribution in [1.29, 1.82) is 0 Å². The molecule has 20 heavy (non-hydrogen) atoms. The summed E-state index contributed by atoms with van der Waals surface area (Å²) in [5.41, 5.74) is 0.313. The molecule has 2 saturated heterocycles. The van der Waals surface area contributed by atoms with E-state index in [2.05, 4.69) is 41.5 Å². The van der Waals surface area contributed by atoms with Crippen molar-refractivity contribution in [3.05, 3.63) is 0 Å². The largest absolute Gasteiger partial charge is 0.345 e. The molecule has 0 aromatic carbocycles. The number of β-lactam (4-membered cyclic amide) rings is 2. The lowest BCUT2D eigenvalue weighted by Crippen LogP contribution is -2.55. The molecule has 2 heterocycles. The molecule has 4 nitrogen and oxygen atoms in total. The van der Waals surface area contributed by atoms with E-state index in [0.717, 1.165) is 13.1 Å². The van der Waals surface area contributed by atoms with Gasteiger partial charge in [-0.05, 0) is 10.8 Å². The molecule has 2 rings (SSSR count). The Morgan fingerprint density at radius 3 is 1.05 bits per heavy atom. The minimum absolute atomic E-state index is 0.156. The summed E-state index contributed by atoms with van der Waals surface area (Å²) in [5, 5.41) is 0. The zero-order valence-electron chi connectivity index (χ0n) is 14.3. The summed E-state index contributed by atoms with van der Waals surface area (Å²) in [6, 6.07) is 0. The Labute approximate surface area is 123 Å². The molecule has 2 aliphatic heterocycles. The Morgan fingerprint density at radius 1 is 0.750 bits per heavy atom. The van der Waals surface area contributed by atoms with Crippen LogP contribution in [-0.2, 0) is 9.59 Å². The Kier molecular flexibility index (Phi) is 4.57. The van der Waals surface area contributed by atoms with Gasteiger partial charge in [-0.2, -0.15) is 0 Å². The van der Waals surface area contributed by atoms with E-state index >= 15 is 0 Å². The first-order valence-corrected chi connectivity index (χ1v) is 7.35. The van der Waals surface area contributed by atoms with Crippen molar-refractivity contribution in [2.75, 3.05) is 27.2 Å². The van der Waals surface area contributed by atoms with Gasteiger partial charge >= 0.3 is 0 Å². The maximum atomic E-state index is 11.1. The fraction of sp³-hybridized carbons (Fsp3) is 0.875. The van der Waals surface area contributed by atoms with Crippen molar-refractivity contribution in [2.24, 2.45) is 22.7 Å². The smallest absolute Gasteiger partial charge is 0.227 e. The van der Waals surface area contributed by atoms with Gasteiger partial charge in [0.25, 0.3) is 0 Å². The Morgan fingerprint density at radius 2 is 1.00 bits per heavy atom. The maximum absolute atomic E-state index is 11.1. The summed E-state index contributed by atoms with van der Waals surface area (Å²) < 4.78 is 0. The predicted octanol–water partition coefficient (Wildman–Crippen LogP) is 2.24. The minimum atomic E-state index is 0.156. The topological polar surface area (TPSA) is 40.6 Å². The van der Waals surface area contributed by atoms with Gasteiger partial charge in [-0.3, -0.25) is 9.59 Å². The van der Waals surface area contributed by atoms with Gasteiger partial charge in [0.15, 0.2) is 0 Å². The molecule has 0 aliphatic carbocycles. The van der Waals surface area contributed by atoms with Crippen LogP contribution < -0.4 is 0 Å². The van der Waals surface area contributed by atoms with Crippen LogP contribution in [-0.4, -0.2) is 48.8 Å². The van der Waals surface area contributed by atoms with Gasteiger partial charge in [0.1, 0.15) is 0 Å². The highest BCUT2D eigenvalue weighted by Crippen LogP contribution is 2.34. The Balaban J connectivity index is 0.000000200. The van der Waals surface area contributed by atoms with Crippen molar-refractivity contribution in [3.63, 3.8) is 0 Å². The molecular formula is C16H30N2O2. The number of nitrogens with zero attached hydrogens (tertiary/aromatic N) is 2. The monoisotopic (exact) mass is 282 g/mol. The molecule has 2 aliphatic rings. The highest BCUT2D eigenvalue weighted by Gasteiger charge is 2.42. The molecule has 0 aromatic heterocycles. The molecule has 2 fully saturated rings. The number of amides is 2. The van der Waals surface area contributed by atoms with Crippen LogP contribution in [0.3, 0.4) is 0 Å². The van der Waals surface area contributed by atoms with Gasteiger partial charge in [-0.1, -0.05) is 41.5 Å². The molecule has 0 radical (unpaired) electrons. The van der Waals surface area contributed by atoms with Crippen LogP contribution in [0.2, 0.25) is 0 Å². The van der Waals surface area contributed by atoms with Crippen LogP contribution >= 0.6 is 0 Å². The third-order valence-electron chi connectivity index (χ3n) is 4.35. The first-order chi connectivity index (χ1) is 8.85. The zero-order valence-corrected chi connectivity index (χ0v) is 14.3. The van der Waals surface area contributed by atoms with Gasteiger partial charge in [-0.25, -0.2) is 0 Å². The number of carbonyl (C=O) groups excluding carboxylic acids is 2. The van der Waals surface area contributed by atoms with E-state index in [9.17, 15) is 9.59 Å².